The van der Waals surface area contributed by atoms with Crippen molar-refractivity contribution in [3.05, 3.63) is 23.9 Å². The van der Waals surface area contributed by atoms with E-state index in [1.54, 1.807) is 6.20 Å². The molecule has 94 valence electrons. The molecular formula is C11H15BrN2O2S. The number of hydrogen-bond acceptors (Lipinski definition) is 4. The topological polar surface area (TPSA) is 50.3 Å². The van der Waals surface area contributed by atoms with E-state index in [-0.39, 0.29) is 17.5 Å². The number of halogens is 1. The van der Waals surface area contributed by atoms with E-state index in [2.05, 4.69) is 25.8 Å². The minimum absolute atomic E-state index is 0.0125. The number of pyridine rings is 1. The number of sulfone groups is 1. The van der Waals surface area contributed by atoms with E-state index in [4.69, 9.17) is 0 Å². The van der Waals surface area contributed by atoms with Crippen LogP contribution in [-0.2, 0) is 15.2 Å². The lowest BCUT2D eigenvalue weighted by Gasteiger charge is -2.35. The van der Waals surface area contributed by atoms with Gasteiger partial charge in [-0.25, -0.2) is 13.4 Å². The van der Waals surface area contributed by atoms with Gasteiger partial charge in [-0.1, -0.05) is 22.0 Å². The Morgan fingerprint density at radius 3 is 3.00 bits per heavy atom. The first-order valence-corrected chi connectivity index (χ1v) is 8.45. The Morgan fingerprint density at radius 1 is 1.59 bits per heavy atom. The van der Waals surface area contributed by atoms with Crippen LogP contribution in [-0.4, -0.2) is 37.5 Å². The van der Waals surface area contributed by atoms with Crippen molar-refractivity contribution < 1.29 is 8.42 Å². The molecule has 1 aromatic heterocycles. The van der Waals surface area contributed by atoms with E-state index >= 15 is 0 Å². The summed E-state index contributed by atoms with van der Waals surface area (Å²) in [7, 11) is -2.87. The summed E-state index contributed by atoms with van der Waals surface area (Å²) >= 11 is 3.43. The van der Waals surface area contributed by atoms with Crippen molar-refractivity contribution >= 4 is 31.6 Å². The highest BCUT2D eigenvalue weighted by atomic mass is 79.9. The molecule has 0 aliphatic carbocycles. The van der Waals surface area contributed by atoms with Crippen molar-refractivity contribution in [2.24, 2.45) is 0 Å². The van der Waals surface area contributed by atoms with Gasteiger partial charge in [0, 0.05) is 29.7 Å². The van der Waals surface area contributed by atoms with Gasteiger partial charge in [-0.3, -0.25) is 0 Å². The molecule has 1 aliphatic heterocycles. The van der Waals surface area contributed by atoms with E-state index < -0.39 is 9.84 Å². The SMILES string of the molecule is CC1CS(=O)(=O)CCN1c1ncccc1CBr. The lowest BCUT2D eigenvalue weighted by Crippen LogP contribution is -2.47. The monoisotopic (exact) mass is 318 g/mol. The summed E-state index contributed by atoms with van der Waals surface area (Å²) in [6, 6.07) is 3.89. The zero-order valence-electron chi connectivity index (χ0n) is 9.63. The molecule has 1 unspecified atom stereocenters. The van der Waals surface area contributed by atoms with Gasteiger partial charge in [0.05, 0.1) is 11.5 Å². The van der Waals surface area contributed by atoms with Crippen LogP contribution in [0.5, 0.6) is 0 Å². The Labute approximate surface area is 110 Å². The van der Waals surface area contributed by atoms with Crippen LogP contribution in [0.15, 0.2) is 18.3 Å². The van der Waals surface area contributed by atoms with E-state index in [0.717, 1.165) is 16.7 Å². The fourth-order valence-electron chi connectivity index (χ4n) is 2.11. The molecule has 1 atom stereocenters. The van der Waals surface area contributed by atoms with Crippen LogP contribution in [0.2, 0.25) is 0 Å². The third-order valence-corrected chi connectivity index (χ3v) is 5.35. The molecule has 17 heavy (non-hydrogen) atoms. The fourth-order valence-corrected chi connectivity index (χ4v) is 4.10. The molecule has 1 aromatic rings. The molecule has 0 spiro atoms. The number of hydrogen-bond donors (Lipinski definition) is 0. The number of anilines is 1. The van der Waals surface area contributed by atoms with E-state index in [1.165, 1.54) is 0 Å². The van der Waals surface area contributed by atoms with Gasteiger partial charge in [-0.2, -0.15) is 0 Å². The first-order chi connectivity index (χ1) is 8.03. The third-order valence-electron chi connectivity index (χ3n) is 2.95. The summed E-state index contributed by atoms with van der Waals surface area (Å²) in [6.45, 7) is 2.46. The molecule has 6 heteroatoms. The Balaban J connectivity index is 2.29. The average Bonchev–Trinajstić information content (AvgIpc) is 2.28. The van der Waals surface area contributed by atoms with Gasteiger partial charge in [0.1, 0.15) is 5.82 Å². The summed E-state index contributed by atoms with van der Waals surface area (Å²) in [5, 5.41) is 0.728. The molecule has 0 N–H and O–H groups in total. The van der Waals surface area contributed by atoms with Crippen molar-refractivity contribution in [1.29, 1.82) is 0 Å². The summed E-state index contributed by atoms with van der Waals surface area (Å²) in [5.74, 6) is 1.33. The highest BCUT2D eigenvalue weighted by Gasteiger charge is 2.29. The summed E-state index contributed by atoms with van der Waals surface area (Å²) in [5.41, 5.74) is 1.10. The van der Waals surface area contributed by atoms with Gasteiger partial charge in [0.15, 0.2) is 9.84 Å². The quantitative estimate of drug-likeness (QED) is 0.777. The van der Waals surface area contributed by atoms with Gasteiger partial charge in [0.2, 0.25) is 0 Å². The fraction of sp³-hybridized carbons (Fsp3) is 0.545. The maximum absolute atomic E-state index is 11.5. The van der Waals surface area contributed by atoms with Crippen molar-refractivity contribution in [2.45, 2.75) is 18.3 Å². The van der Waals surface area contributed by atoms with Crippen molar-refractivity contribution in [1.82, 2.24) is 4.98 Å². The van der Waals surface area contributed by atoms with Gasteiger partial charge in [0.25, 0.3) is 0 Å². The Hall–Kier alpha value is -0.620. The second-order valence-corrected chi connectivity index (χ2v) is 7.07. The molecule has 2 rings (SSSR count). The van der Waals surface area contributed by atoms with E-state index in [0.29, 0.717) is 6.54 Å². The van der Waals surface area contributed by atoms with Crippen LogP contribution in [0.4, 0.5) is 5.82 Å². The zero-order valence-corrected chi connectivity index (χ0v) is 12.0. The minimum atomic E-state index is -2.87. The molecule has 4 nitrogen and oxygen atoms in total. The Bertz CT molecular complexity index is 504. The smallest absolute Gasteiger partial charge is 0.154 e. The molecule has 1 fully saturated rings. The molecule has 1 aliphatic rings. The Kier molecular flexibility index (Phi) is 3.73. The summed E-state index contributed by atoms with van der Waals surface area (Å²) < 4.78 is 23.1. The van der Waals surface area contributed by atoms with E-state index in [9.17, 15) is 8.42 Å². The molecule has 0 radical (unpaired) electrons. The number of rotatable bonds is 2. The van der Waals surface area contributed by atoms with Crippen molar-refractivity contribution in [3.63, 3.8) is 0 Å². The molecule has 0 bridgehead atoms. The highest BCUT2D eigenvalue weighted by Crippen LogP contribution is 2.24. The maximum Gasteiger partial charge on any atom is 0.154 e. The number of nitrogens with zero attached hydrogens (tertiary/aromatic N) is 2. The first kappa shape index (κ1) is 12.8. The zero-order chi connectivity index (χ0) is 12.5. The number of aromatic nitrogens is 1. The van der Waals surface area contributed by atoms with Gasteiger partial charge < -0.3 is 4.90 Å². The predicted octanol–water partition coefficient (Wildman–Crippen LogP) is 1.60. The standard InChI is InChI=1S/C11H15BrN2O2S/c1-9-8-17(15,16)6-5-14(9)11-10(7-12)3-2-4-13-11/h2-4,9H,5-8H2,1H3. The molecule has 0 amide bonds. The highest BCUT2D eigenvalue weighted by molar-refractivity contribution is 9.08. The number of alkyl halides is 1. The Morgan fingerprint density at radius 2 is 2.35 bits per heavy atom. The van der Waals surface area contributed by atoms with Crippen LogP contribution >= 0.6 is 15.9 Å². The molecular weight excluding hydrogens is 304 g/mol. The van der Waals surface area contributed by atoms with Crippen LogP contribution in [0.1, 0.15) is 12.5 Å². The maximum atomic E-state index is 11.5. The second-order valence-electron chi connectivity index (χ2n) is 4.28. The third kappa shape index (κ3) is 2.80. The molecule has 0 aromatic carbocycles. The molecule has 0 saturated carbocycles. The second kappa shape index (κ2) is 4.94. The van der Waals surface area contributed by atoms with Gasteiger partial charge in [-0.15, -0.1) is 0 Å². The van der Waals surface area contributed by atoms with Crippen LogP contribution in [0, 0.1) is 0 Å². The van der Waals surface area contributed by atoms with E-state index in [1.807, 2.05) is 19.1 Å². The minimum Gasteiger partial charge on any atom is -0.352 e. The normalized spacial score (nSPS) is 23.6. The first-order valence-electron chi connectivity index (χ1n) is 5.50. The lowest BCUT2D eigenvalue weighted by molar-refractivity contribution is 0.566. The van der Waals surface area contributed by atoms with Gasteiger partial charge in [-0.05, 0) is 13.0 Å². The predicted molar refractivity (Wildman–Crippen MR) is 72.3 cm³/mol. The molecule has 2 heterocycles. The largest absolute Gasteiger partial charge is 0.352 e. The molecule has 1 saturated heterocycles. The van der Waals surface area contributed by atoms with Gasteiger partial charge >= 0.3 is 0 Å². The van der Waals surface area contributed by atoms with Crippen molar-refractivity contribution in [3.8, 4) is 0 Å². The van der Waals surface area contributed by atoms with Crippen molar-refractivity contribution in [2.75, 3.05) is 23.0 Å². The van der Waals surface area contributed by atoms with Crippen LogP contribution in [0.25, 0.3) is 0 Å². The lowest BCUT2D eigenvalue weighted by atomic mass is 10.2. The van der Waals surface area contributed by atoms with Crippen LogP contribution < -0.4 is 4.90 Å². The summed E-state index contributed by atoms with van der Waals surface area (Å²) in [4.78, 5) is 6.45. The summed E-state index contributed by atoms with van der Waals surface area (Å²) in [6.07, 6.45) is 1.75. The van der Waals surface area contributed by atoms with Crippen LogP contribution in [0.3, 0.4) is 0 Å². The average molecular weight is 319 g/mol.